The van der Waals surface area contributed by atoms with Gasteiger partial charge in [-0.15, -0.1) is 0 Å². The normalized spacial score (nSPS) is 19.1. The molecule has 3 heteroatoms. The maximum atomic E-state index is 2.72. The first-order valence-electron chi connectivity index (χ1n) is 26.0. The first-order chi connectivity index (χ1) is 32.5. The third kappa shape index (κ3) is 7.43. The fraction of sp³-hybridized carbons (Fsp3) is 0.364. The summed E-state index contributed by atoms with van der Waals surface area (Å²) >= 11 is 0. The smallest absolute Gasteiger partial charge is 0.252 e. The number of hydrogen-bond acceptors (Lipinski definition) is 2. The van der Waals surface area contributed by atoms with Gasteiger partial charge in [0.15, 0.2) is 0 Å². The summed E-state index contributed by atoms with van der Waals surface area (Å²) in [6, 6.07) is 50.6. The molecule has 0 saturated carbocycles. The first kappa shape index (κ1) is 45.6. The van der Waals surface area contributed by atoms with Gasteiger partial charge < -0.3 is 9.80 Å². The van der Waals surface area contributed by atoms with Gasteiger partial charge in [-0.05, 0) is 201 Å². The SMILES string of the molecule is Cc1cccc(CC2(C)CC(C)(C)c3cc4c(cc32)B2c3cc(Cc5ccccc5)ccc3N(c3cc5c(cc3C)C(C)(C)CCC5(C)C)c3cc(C)cc(c32)N4c2ccc(C(C)(C)C)cc2C)c1. The second-order valence-electron chi connectivity index (χ2n) is 25.3. The van der Waals surface area contributed by atoms with Crippen molar-refractivity contribution in [1.29, 1.82) is 0 Å². The molecule has 2 aliphatic heterocycles. The molecule has 0 aromatic heterocycles. The van der Waals surface area contributed by atoms with E-state index in [0.29, 0.717) is 0 Å². The Hall–Kier alpha value is -5.80. The average molecular weight is 905 g/mol. The molecule has 2 aliphatic carbocycles. The number of nitrogens with zero attached hydrogens (tertiary/aromatic N) is 2. The Morgan fingerprint density at radius 2 is 1.06 bits per heavy atom. The summed E-state index contributed by atoms with van der Waals surface area (Å²) in [5, 5.41) is 0. The molecule has 0 saturated heterocycles. The maximum absolute atomic E-state index is 2.72. The Morgan fingerprint density at radius 3 is 1.72 bits per heavy atom. The number of benzene rings is 7. The third-order valence-corrected chi connectivity index (χ3v) is 17.3. The maximum Gasteiger partial charge on any atom is 0.252 e. The van der Waals surface area contributed by atoms with Gasteiger partial charge in [-0.3, -0.25) is 0 Å². The molecule has 2 nitrogen and oxygen atoms in total. The zero-order valence-corrected chi connectivity index (χ0v) is 44.1. The van der Waals surface area contributed by atoms with Crippen LogP contribution in [0.4, 0.5) is 34.1 Å². The van der Waals surface area contributed by atoms with Crippen molar-refractivity contribution < 1.29 is 0 Å². The van der Waals surface area contributed by atoms with Crippen LogP contribution in [0.5, 0.6) is 0 Å². The van der Waals surface area contributed by atoms with Gasteiger partial charge in [0.1, 0.15) is 0 Å². The second kappa shape index (κ2) is 15.6. The molecule has 4 aliphatic rings. The van der Waals surface area contributed by atoms with Crippen LogP contribution in [0.2, 0.25) is 0 Å². The van der Waals surface area contributed by atoms with Crippen LogP contribution in [0.25, 0.3) is 0 Å². The van der Waals surface area contributed by atoms with Crippen molar-refractivity contribution in [3.8, 4) is 0 Å². The molecular weight excluding hydrogens is 832 g/mol. The second-order valence-corrected chi connectivity index (χ2v) is 25.3. The van der Waals surface area contributed by atoms with Crippen molar-refractivity contribution in [2.45, 2.75) is 156 Å². The third-order valence-electron chi connectivity index (χ3n) is 17.3. The van der Waals surface area contributed by atoms with Crippen LogP contribution in [0.3, 0.4) is 0 Å². The summed E-state index contributed by atoms with van der Waals surface area (Å²) in [5.74, 6) is 0. The number of aryl methyl sites for hydroxylation is 4. The predicted octanol–water partition coefficient (Wildman–Crippen LogP) is 15.4. The number of hydrogen-bond donors (Lipinski definition) is 0. The largest absolute Gasteiger partial charge is 0.311 e. The lowest BCUT2D eigenvalue weighted by atomic mass is 9.33. The van der Waals surface area contributed by atoms with E-state index in [0.717, 1.165) is 19.3 Å². The van der Waals surface area contributed by atoms with E-state index >= 15 is 0 Å². The van der Waals surface area contributed by atoms with Crippen LogP contribution in [-0.4, -0.2) is 6.71 Å². The number of fused-ring (bicyclic) bond motifs is 6. The van der Waals surface area contributed by atoms with E-state index in [1.807, 2.05) is 0 Å². The predicted molar refractivity (Wildman–Crippen MR) is 298 cm³/mol. The highest BCUT2D eigenvalue weighted by molar-refractivity contribution is 7.00. The molecular formula is C66H73BN2. The molecule has 7 aromatic rings. The van der Waals surface area contributed by atoms with Crippen molar-refractivity contribution in [1.82, 2.24) is 0 Å². The molecule has 0 radical (unpaired) electrons. The number of rotatable bonds is 6. The van der Waals surface area contributed by atoms with E-state index < -0.39 is 0 Å². The first-order valence-corrected chi connectivity index (χ1v) is 26.0. The topological polar surface area (TPSA) is 6.48 Å². The summed E-state index contributed by atoms with van der Waals surface area (Å²) in [4.78, 5) is 5.38. The Balaban J connectivity index is 1.23. The van der Waals surface area contributed by atoms with Crippen LogP contribution in [0.15, 0.2) is 127 Å². The Labute approximate surface area is 415 Å². The monoisotopic (exact) mass is 905 g/mol. The minimum absolute atomic E-state index is 0.00572. The Bertz CT molecular complexity index is 3230. The van der Waals surface area contributed by atoms with E-state index in [4.69, 9.17) is 0 Å². The lowest BCUT2D eigenvalue weighted by molar-refractivity contribution is 0.332. The molecule has 0 bridgehead atoms. The summed E-state index contributed by atoms with van der Waals surface area (Å²) in [7, 11) is 0. The lowest BCUT2D eigenvalue weighted by Crippen LogP contribution is -2.61. The van der Waals surface area contributed by atoms with E-state index in [9.17, 15) is 0 Å². The van der Waals surface area contributed by atoms with Gasteiger partial charge in [0, 0.05) is 34.1 Å². The molecule has 0 spiro atoms. The molecule has 1 atom stereocenters. The van der Waals surface area contributed by atoms with Gasteiger partial charge in [0.05, 0.1) is 0 Å². The van der Waals surface area contributed by atoms with Gasteiger partial charge in [0.2, 0.25) is 0 Å². The van der Waals surface area contributed by atoms with Gasteiger partial charge in [0.25, 0.3) is 6.71 Å². The fourth-order valence-electron chi connectivity index (χ4n) is 13.7. The van der Waals surface area contributed by atoms with Gasteiger partial charge in [-0.25, -0.2) is 0 Å². The van der Waals surface area contributed by atoms with Crippen molar-refractivity contribution in [3.63, 3.8) is 0 Å². The number of anilines is 6. The zero-order valence-electron chi connectivity index (χ0n) is 44.1. The zero-order chi connectivity index (χ0) is 48.7. The molecule has 0 N–H and O–H groups in total. The molecule has 69 heavy (non-hydrogen) atoms. The summed E-state index contributed by atoms with van der Waals surface area (Å²) in [5.41, 5.74) is 29.0. The van der Waals surface area contributed by atoms with Crippen LogP contribution < -0.4 is 26.2 Å². The molecule has 0 amide bonds. The van der Waals surface area contributed by atoms with E-state index in [1.54, 1.807) is 0 Å². The van der Waals surface area contributed by atoms with Crippen molar-refractivity contribution in [2.75, 3.05) is 9.80 Å². The molecule has 350 valence electrons. The summed E-state index contributed by atoms with van der Waals surface area (Å²) < 4.78 is 0. The van der Waals surface area contributed by atoms with Gasteiger partial charge in [-0.1, -0.05) is 166 Å². The minimum atomic E-state index is -0.0351. The average Bonchev–Trinajstić information content (AvgIpc) is 3.47. The molecule has 7 aromatic carbocycles. The van der Waals surface area contributed by atoms with E-state index in [1.165, 1.54) is 130 Å². The summed E-state index contributed by atoms with van der Waals surface area (Å²) in [6.07, 6.45) is 5.39. The highest BCUT2D eigenvalue weighted by Crippen LogP contribution is 2.55. The highest BCUT2D eigenvalue weighted by Gasteiger charge is 2.50. The van der Waals surface area contributed by atoms with Crippen molar-refractivity contribution in [2.24, 2.45) is 0 Å². The van der Waals surface area contributed by atoms with Crippen molar-refractivity contribution in [3.05, 3.63) is 194 Å². The van der Waals surface area contributed by atoms with Crippen LogP contribution in [-0.2, 0) is 39.9 Å². The quantitative estimate of drug-likeness (QED) is 0.153. The van der Waals surface area contributed by atoms with E-state index in [-0.39, 0.29) is 33.8 Å². The van der Waals surface area contributed by atoms with Gasteiger partial charge in [-0.2, -0.15) is 0 Å². The Kier molecular flexibility index (Phi) is 10.3. The van der Waals surface area contributed by atoms with Crippen LogP contribution in [0.1, 0.15) is 155 Å². The van der Waals surface area contributed by atoms with Crippen LogP contribution in [0, 0.1) is 27.7 Å². The molecule has 1 unspecified atom stereocenters. The molecule has 0 fully saturated rings. The molecule has 11 rings (SSSR count). The van der Waals surface area contributed by atoms with E-state index in [2.05, 4.69) is 234 Å². The van der Waals surface area contributed by atoms with Crippen molar-refractivity contribution >= 4 is 57.2 Å². The van der Waals surface area contributed by atoms with Crippen LogP contribution >= 0.6 is 0 Å². The highest BCUT2D eigenvalue weighted by atomic mass is 15.2. The Morgan fingerprint density at radius 1 is 0.464 bits per heavy atom. The fourth-order valence-corrected chi connectivity index (χ4v) is 13.7. The minimum Gasteiger partial charge on any atom is -0.311 e. The molecule has 2 heterocycles. The summed E-state index contributed by atoms with van der Waals surface area (Å²) in [6.45, 7) is 33.7. The lowest BCUT2D eigenvalue weighted by Gasteiger charge is -2.47. The van der Waals surface area contributed by atoms with Gasteiger partial charge >= 0.3 is 0 Å². The standard InChI is InChI=1S/C66H73BN2/c1-41-19-18-22-47(29-41)39-66(14)40-65(12,13)51-38-58-54(36-52(51)66)67-53-35-46(34-45-20-16-15-17-21-45)23-25-56(53)69(57-37-50-49(33-44(57)4)63(8,9)27-28-64(50,10)11)60-31-42(2)30-59(61(60)67)68(58)55-26-24-48(32-43(55)3)62(5,6)7/h15-26,29-33,35-38H,27-28,34,39-40H2,1-14H3.